The van der Waals surface area contributed by atoms with Crippen LogP contribution in [0.1, 0.15) is 46.0 Å². The Morgan fingerprint density at radius 3 is 2.33 bits per heavy atom. The number of hydrogen-bond donors (Lipinski definition) is 1. The first-order valence-corrected chi connectivity index (χ1v) is 6.98. The maximum Gasteiger partial charge on any atom is 0.217 e. The van der Waals surface area contributed by atoms with Crippen LogP contribution in [0.5, 0.6) is 0 Å². The molecule has 1 saturated carbocycles. The lowest BCUT2D eigenvalue weighted by Gasteiger charge is -2.53. The van der Waals surface area contributed by atoms with Crippen LogP contribution in [-0.2, 0) is 9.59 Å². The number of nitrogens with one attached hydrogen (secondary N) is 1. The molecule has 1 amide bonds. The molecule has 18 heavy (non-hydrogen) atoms. The average molecular weight is 252 g/mol. The Morgan fingerprint density at radius 1 is 1.22 bits per heavy atom. The van der Waals surface area contributed by atoms with Gasteiger partial charge in [-0.2, -0.15) is 0 Å². The molecule has 4 nitrogen and oxygen atoms in total. The number of rotatable bonds is 4. The van der Waals surface area contributed by atoms with Gasteiger partial charge in [0, 0.05) is 39.0 Å². The number of amides is 1. The van der Waals surface area contributed by atoms with E-state index in [-0.39, 0.29) is 11.7 Å². The monoisotopic (exact) mass is 252 g/mol. The summed E-state index contributed by atoms with van der Waals surface area (Å²) in [5.74, 6) is 0.373. The molecule has 0 bridgehead atoms. The minimum absolute atomic E-state index is 0.0904. The fourth-order valence-corrected chi connectivity index (χ4v) is 3.35. The molecule has 2 aliphatic rings. The van der Waals surface area contributed by atoms with Crippen LogP contribution in [0.3, 0.4) is 0 Å². The molecule has 1 saturated heterocycles. The predicted molar refractivity (Wildman–Crippen MR) is 70.2 cm³/mol. The molecule has 1 N–H and O–H groups in total. The summed E-state index contributed by atoms with van der Waals surface area (Å²) in [5, 5.41) is 3.02. The maximum absolute atomic E-state index is 11.0. The van der Waals surface area contributed by atoms with Gasteiger partial charge < -0.3 is 10.2 Å². The third-order valence-corrected chi connectivity index (χ3v) is 4.35. The van der Waals surface area contributed by atoms with E-state index in [1.54, 1.807) is 13.8 Å². The van der Waals surface area contributed by atoms with E-state index in [1.807, 2.05) is 0 Å². The topological polar surface area (TPSA) is 49.4 Å². The van der Waals surface area contributed by atoms with Crippen LogP contribution in [0.2, 0.25) is 0 Å². The van der Waals surface area contributed by atoms with Gasteiger partial charge in [-0.05, 0) is 38.0 Å². The fourth-order valence-electron chi connectivity index (χ4n) is 3.35. The maximum atomic E-state index is 11.0. The van der Waals surface area contributed by atoms with Crippen molar-refractivity contribution in [2.75, 3.05) is 19.6 Å². The lowest BCUT2D eigenvalue weighted by Crippen LogP contribution is -2.59. The zero-order valence-corrected chi connectivity index (χ0v) is 11.5. The first-order valence-electron chi connectivity index (χ1n) is 6.98. The van der Waals surface area contributed by atoms with E-state index < -0.39 is 0 Å². The normalized spacial score (nSPS) is 23.7. The van der Waals surface area contributed by atoms with E-state index in [0.717, 1.165) is 32.5 Å². The number of likely N-dealkylation sites (tertiary alicyclic amines) is 1. The average Bonchev–Trinajstić information content (AvgIpc) is 2.24. The predicted octanol–water partition coefficient (Wildman–Crippen LogP) is 1.35. The van der Waals surface area contributed by atoms with Crippen molar-refractivity contribution in [1.29, 1.82) is 0 Å². The third kappa shape index (κ3) is 3.31. The quantitative estimate of drug-likeness (QED) is 0.821. The summed E-state index contributed by atoms with van der Waals surface area (Å²) in [6, 6.07) is 0.388. The van der Waals surface area contributed by atoms with Crippen molar-refractivity contribution in [1.82, 2.24) is 10.2 Å². The van der Waals surface area contributed by atoms with Gasteiger partial charge in [-0.15, -0.1) is 0 Å². The molecule has 0 aromatic rings. The van der Waals surface area contributed by atoms with Gasteiger partial charge in [0.25, 0.3) is 0 Å². The van der Waals surface area contributed by atoms with Crippen molar-refractivity contribution in [2.45, 2.75) is 52.0 Å². The summed E-state index contributed by atoms with van der Waals surface area (Å²) in [5.41, 5.74) is 0.492. The van der Waals surface area contributed by atoms with Crippen LogP contribution in [-0.4, -0.2) is 42.3 Å². The van der Waals surface area contributed by atoms with Gasteiger partial charge >= 0.3 is 0 Å². The molecule has 0 atom stereocenters. The van der Waals surface area contributed by atoms with E-state index in [9.17, 15) is 9.59 Å². The van der Waals surface area contributed by atoms with Gasteiger partial charge in [0.2, 0.25) is 5.91 Å². The molecule has 102 valence electrons. The number of Topliss-reactive ketones (excluding diaryl/α,β-unsaturated/α-hetero) is 1. The second-order valence-corrected chi connectivity index (χ2v) is 6.14. The van der Waals surface area contributed by atoms with Gasteiger partial charge in [0.05, 0.1) is 0 Å². The summed E-state index contributed by atoms with van der Waals surface area (Å²) < 4.78 is 0. The van der Waals surface area contributed by atoms with Crippen LogP contribution in [0.15, 0.2) is 0 Å². The molecule has 0 radical (unpaired) electrons. The Balaban J connectivity index is 1.68. The van der Waals surface area contributed by atoms with Crippen molar-refractivity contribution in [3.05, 3.63) is 0 Å². The first kappa shape index (κ1) is 13.5. The number of hydrogen-bond acceptors (Lipinski definition) is 3. The lowest BCUT2D eigenvalue weighted by atomic mass is 9.67. The molecule has 1 spiro atoms. The SMILES string of the molecule is CC(=O)CCN1CC2(CCC(NC(C)=O)CC2)C1. The highest BCUT2D eigenvalue weighted by Crippen LogP contribution is 2.43. The van der Waals surface area contributed by atoms with Crippen LogP contribution >= 0.6 is 0 Å². The van der Waals surface area contributed by atoms with E-state index in [0.29, 0.717) is 17.9 Å². The number of nitrogens with zero attached hydrogens (tertiary/aromatic N) is 1. The molecule has 1 aliphatic carbocycles. The molecular formula is C14H24N2O2. The van der Waals surface area contributed by atoms with E-state index in [4.69, 9.17) is 0 Å². The van der Waals surface area contributed by atoms with Gasteiger partial charge in [-0.3, -0.25) is 9.59 Å². The molecular weight excluding hydrogens is 228 g/mol. The summed E-state index contributed by atoms with van der Waals surface area (Å²) in [6.45, 7) is 6.47. The highest BCUT2D eigenvalue weighted by Gasteiger charge is 2.44. The van der Waals surface area contributed by atoms with Crippen LogP contribution in [0.4, 0.5) is 0 Å². The van der Waals surface area contributed by atoms with Crippen molar-refractivity contribution in [3.63, 3.8) is 0 Å². The molecule has 2 fully saturated rings. The Labute approximate surface area is 109 Å². The minimum Gasteiger partial charge on any atom is -0.354 e. The Hall–Kier alpha value is -0.900. The second-order valence-electron chi connectivity index (χ2n) is 6.14. The lowest BCUT2D eigenvalue weighted by molar-refractivity contribution is -0.120. The van der Waals surface area contributed by atoms with E-state index in [2.05, 4.69) is 10.2 Å². The van der Waals surface area contributed by atoms with Crippen LogP contribution < -0.4 is 5.32 Å². The van der Waals surface area contributed by atoms with Crippen molar-refractivity contribution in [3.8, 4) is 0 Å². The van der Waals surface area contributed by atoms with Crippen molar-refractivity contribution >= 4 is 11.7 Å². The highest BCUT2D eigenvalue weighted by atomic mass is 16.1. The summed E-state index contributed by atoms with van der Waals surface area (Å²) in [4.78, 5) is 24.3. The van der Waals surface area contributed by atoms with Crippen molar-refractivity contribution in [2.24, 2.45) is 5.41 Å². The summed E-state index contributed by atoms with van der Waals surface area (Å²) in [7, 11) is 0. The van der Waals surface area contributed by atoms with Crippen molar-refractivity contribution < 1.29 is 9.59 Å². The van der Waals surface area contributed by atoms with E-state index >= 15 is 0 Å². The number of carbonyl (C=O) groups is 2. The highest BCUT2D eigenvalue weighted by molar-refractivity contribution is 5.75. The first-order chi connectivity index (χ1) is 8.49. The van der Waals surface area contributed by atoms with Gasteiger partial charge in [0.1, 0.15) is 5.78 Å². The molecule has 0 aromatic carbocycles. The number of carbonyl (C=O) groups excluding carboxylic acids is 2. The van der Waals surface area contributed by atoms with Crippen LogP contribution in [0, 0.1) is 5.41 Å². The standard InChI is InChI=1S/C14H24N2O2/c1-11(17)5-8-16-9-14(10-16)6-3-13(4-7-14)15-12(2)18/h13H,3-10H2,1-2H3,(H,15,18). The minimum atomic E-state index is 0.0904. The van der Waals surface area contributed by atoms with Gasteiger partial charge in [0.15, 0.2) is 0 Å². The molecule has 1 heterocycles. The second kappa shape index (κ2) is 5.39. The fraction of sp³-hybridized carbons (Fsp3) is 0.857. The Kier molecular flexibility index (Phi) is 4.05. The summed E-state index contributed by atoms with van der Waals surface area (Å²) >= 11 is 0. The zero-order chi connectivity index (χ0) is 13.2. The molecule has 2 rings (SSSR count). The Bertz CT molecular complexity index is 317. The molecule has 1 aliphatic heterocycles. The van der Waals surface area contributed by atoms with Gasteiger partial charge in [-0.25, -0.2) is 0 Å². The zero-order valence-electron chi connectivity index (χ0n) is 11.5. The number of ketones is 1. The molecule has 0 unspecified atom stereocenters. The molecule has 0 aromatic heterocycles. The molecule has 4 heteroatoms. The van der Waals surface area contributed by atoms with Crippen LogP contribution in [0.25, 0.3) is 0 Å². The third-order valence-electron chi connectivity index (χ3n) is 4.35. The van der Waals surface area contributed by atoms with E-state index in [1.165, 1.54) is 12.8 Å². The summed E-state index contributed by atoms with van der Waals surface area (Å²) in [6.07, 6.45) is 5.34. The van der Waals surface area contributed by atoms with Gasteiger partial charge in [-0.1, -0.05) is 0 Å². The Morgan fingerprint density at radius 2 is 1.83 bits per heavy atom. The largest absolute Gasteiger partial charge is 0.354 e. The smallest absolute Gasteiger partial charge is 0.217 e.